The summed E-state index contributed by atoms with van der Waals surface area (Å²) >= 11 is 0. The summed E-state index contributed by atoms with van der Waals surface area (Å²) in [5.74, 6) is -0.864. The van der Waals surface area contributed by atoms with E-state index >= 15 is 0 Å². The van der Waals surface area contributed by atoms with Crippen molar-refractivity contribution in [2.24, 2.45) is 0 Å². The molecule has 0 unspecified atom stereocenters. The molecule has 8 nitrogen and oxygen atoms in total. The van der Waals surface area contributed by atoms with Crippen LogP contribution in [-0.2, 0) is 4.79 Å². The Morgan fingerprint density at radius 1 is 1.08 bits per heavy atom. The van der Waals surface area contributed by atoms with E-state index in [2.05, 4.69) is 20.6 Å². The Balaban J connectivity index is 1.79. The predicted octanol–water partition coefficient (Wildman–Crippen LogP) is 0.562. The van der Waals surface area contributed by atoms with E-state index in [1.165, 1.54) is 31.6 Å². The topological polar surface area (TPSA) is 110 Å². The number of ether oxygens (including phenoxy) is 1. The molecule has 24 heavy (non-hydrogen) atoms. The van der Waals surface area contributed by atoms with Crippen molar-refractivity contribution in [1.29, 1.82) is 0 Å². The second-order valence-corrected chi connectivity index (χ2v) is 4.72. The Morgan fingerprint density at radius 3 is 2.50 bits per heavy atom. The van der Waals surface area contributed by atoms with Crippen molar-refractivity contribution in [3.63, 3.8) is 0 Å². The van der Waals surface area contributed by atoms with Crippen molar-refractivity contribution in [3.05, 3.63) is 54.1 Å². The molecule has 1 aromatic heterocycles. The van der Waals surface area contributed by atoms with Gasteiger partial charge in [0.25, 0.3) is 11.8 Å². The van der Waals surface area contributed by atoms with Gasteiger partial charge in [0, 0.05) is 38.0 Å². The molecule has 8 heteroatoms. The number of hydrogen-bond donors (Lipinski definition) is 2. The zero-order valence-corrected chi connectivity index (χ0v) is 13.0. The van der Waals surface area contributed by atoms with Gasteiger partial charge in [0.2, 0.25) is 0 Å². The van der Waals surface area contributed by atoms with Crippen LogP contribution in [0.2, 0.25) is 0 Å². The van der Waals surface area contributed by atoms with E-state index in [1.807, 2.05) is 0 Å². The maximum atomic E-state index is 12.0. The Hall–Kier alpha value is -3.29. The summed E-state index contributed by atoms with van der Waals surface area (Å²) in [5, 5.41) is 5.27. The van der Waals surface area contributed by atoms with E-state index in [-0.39, 0.29) is 30.6 Å². The Bertz CT molecular complexity index is 734. The van der Waals surface area contributed by atoms with Crippen molar-refractivity contribution in [2.45, 2.75) is 6.92 Å². The lowest BCUT2D eigenvalue weighted by Gasteiger charge is -2.08. The van der Waals surface area contributed by atoms with Gasteiger partial charge < -0.3 is 15.4 Å². The van der Waals surface area contributed by atoms with Gasteiger partial charge in [-0.2, -0.15) is 0 Å². The number of amides is 2. The molecule has 2 N–H and O–H groups in total. The van der Waals surface area contributed by atoms with Crippen LogP contribution in [-0.4, -0.2) is 40.8 Å². The van der Waals surface area contributed by atoms with Crippen LogP contribution in [0.5, 0.6) is 5.75 Å². The fourth-order valence-electron chi connectivity index (χ4n) is 1.83. The number of benzene rings is 1. The molecule has 0 aliphatic carbocycles. The van der Waals surface area contributed by atoms with Crippen LogP contribution in [0.3, 0.4) is 0 Å². The Labute approximate surface area is 138 Å². The third-order valence-corrected chi connectivity index (χ3v) is 2.85. The summed E-state index contributed by atoms with van der Waals surface area (Å²) < 4.78 is 4.92. The normalized spacial score (nSPS) is 9.88. The number of esters is 1. The Kier molecular flexibility index (Phi) is 5.95. The molecule has 0 spiro atoms. The van der Waals surface area contributed by atoms with Crippen molar-refractivity contribution >= 4 is 17.8 Å². The highest BCUT2D eigenvalue weighted by molar-refractivity contribution is 5.95. The minimum Gasteiger partial charge on any atom is -0.427 e. The van der Waals surface area contributed by atoms with Crippen LogP contribution in [0.1, 0.15) is 27.8 Å². The van der Waals surface area contributed by atoms with E-state index in [4.69, 9.17) is 4.74 Å². The predicted molar refractivity (Wildman–Crippen MR) is 84.4 cm³/mol. The number of rotatable bonds is 6. The van der Waals surface area contributed by atoms with E-state index in [1.54, 1.807) is 18.2 Å². The number of nitrogens with one attached hydrogen (secondary N) is 2. The summed E-state index contributed by atoms with van der Waals surface area (Å²) in [6.07, 6.45) is 4.25. The number of carbonyl (C=O) groups excluding carboxylic acids is 3. The number of hydrogen-bond acceptors (Lipinski definition) is 6. The maximum Gasteiger partial charge on any atom is 0.308 e. The lowest BCUT2D eigenvalue weighted by Crippen LogP contribution is -2.35. The smallest absolute Gasteiger partial charge is 0.308 e. The number of aromatic nitrogens is 2. The molecule has 0 saturated heterocycles. The molecular formula is C16H16N4O4. The van der Waals surface area contributed by atoms with Crippen LogP contribution >= 0.6 is 0 Å². The van der Waals surface area contributed by atoms with Crippen LogP contribution in [0, 0.1) is 0 Å². The second-order valence-electron chi connectivity index (χ2n) is 4.72. The van der Waals surface area contributed by atoms with Crippen molar-refractivity contribution in [1.82, 2.24) is 20.6 Å². The first-order valence-corrected chi connectivity index (χ1v) is 7.17. The minimum absolute atomic E-state index is 0.206. The molecule has 2 amide bonds. The fraction of sp³-hybridized carbons (Fsp3) is 0.188. The Morgan fingerprint density at radius 2 is 1.83 bits per heavy atom. The van der Waals surface area contributed by atoms with Crippen LogP contribution < -0.4 is 15.4 Å². The van der Waals surface area contributed by atoms with Gasteiger partial charge in [-0.05, 0) is 18.2 Å². The van der Waals surface area contributed by atoms with Gasteiger partial charge in [-0.1, -0.05) is 6.07 Å². The van der Waals surface area contributed by atoms with Gasteiger partial charge in [-0.15, -0.1) is 0 Å². The molecule has 124 valence electrons. The molecule has 1 heterocycles. The van der Waals surface area contributed by atoms with Crippen molar-refractivity contribution in [3.8, 4) is 5.75 Å². The SMILES string of the molecule is CC(=O)Oc1cccc(C(=O)NCCNC(=O)c2cnccn2)c1. The van der Waals surface area contributed by atoms with E-state index in [9.17, 15) is 14.4 Å². The first-order valence-electron chi connectivity index (χ1n) is 7.17. The molecular weight excluding hydrogens is 312 g/mol. The number of carbonyl (C=O) groups is 3. The first kappa shape index (κ1) is 17.1. The van der Waals surface area contributed by atoms with Gasteiger partial charge in [-0.25, -0.2) is 4.98 Å². The highest BCUT2D eigenvalue weighted by Crippen LogP contribution is 2.13. The van der Waals surface area contributed by atoms with E-state index in [0.29, 0.717) is 11.3 Å². The minimum atomic E-state index is -0.459. The maximum absolute atomic E-state index is 12.0. The molecule has 0 fully saturated rings. The van der Waals surface area contributed by atoms with Crippen molar-refractivity contribution < 1.29 is 19.1 Å². The fourth-order valence-corrected chi connectivity index (χ4v) is 1.83. The van der Waals surface area contributed by atoms with E-state index in [0.717, 1.165) is 0 Å². The lowest BCUT2D eigenvalue weighted by atomic mass is 10.2. The second kappa shape index (κ2) is 8.37. The van der Waals surface area contributed by atoms with Crippen molar-refractivity contribution in [2.75, 3.05) is 13.1 Å². The average molecular weight is 328 g/mol. The molecule has 0 aliphatic heterocycles. The molecule has 2 rings (SSSR count). The van der Waals surface area contributed by atoms with Gasteiger partial charge in [0.15, 0.2) is 0 Å². The molecule has 0 saturated carbocycles. The monoisotopic (exact) mass is 328 g/mol. The molecule has 0 atom stereocenters. The standard InChI is InChI=1S/C16H16N4O4/c1-11(21)24-13-4-2-3-12(9-13)15(22)19-7-8-20-16(23)14-10-17-5-6-18-14/h2-6,9-10H,7-8H2,1H3,(H,19,22)(H,20,23). The highest BCUT2D eigenvalue weighted by atomic mass is 16.5. The molecule has 2 aromatic rings. The summed E-state index contributed by atoms with van der Waals surface area (Å²) in [6.45, 7) is 1.76. The molecule has 0 radical (unpaired) electrons. The average Bonchev–Trinajstić information content (AvgIpc) is 2.58. The van der Waals surface area contributed by atoms with Gasteiger partial charge in [-0.3, -0.25) is 19.4 Å². The molecule has 1 aromatic carbocycles. The zero-order chi connectivity index (χ0) is 17.4. The lowest BCUT2D eigenvalue weighted by molar-refractivity contribution is -0.131. The van der Waals surface area contributed by atoms with Gasteiger partial charge in [0.1, 0.15) is 11.4 Å². The summed E-state index contributed by atoms with van der Waals surface area (Å²) in [7, 11) is 0. The summed E-state index contributed by atoms with van der Waals surface area (Å²) in [5.41, 5.74) is 0.562. The number of nitrogens with zero attached hydrogens (tertiary/aromatic N) is 2. The summed E-state index contributed by atoms with van der Waals surface area (Å²) in [6, 6.07) is 6.26. The van der Waals surface area contributed by atoms with Gasteiger partial charge in [0.05, 0.1) is 6.20 Å². The highest BCUT2D eigenvalue weighted by Gasteiger charge is 2.09. The van der Waals surface area contributed by atoms with E-state index < -0.39 is 5.97 Å². The first-order chi connectivity index (χ1) is 11.6. The summed E-state index contributed by atoms with van der Waals surface area (Å²) in [4.78, 5) is 42.3. The van der Waals surface area contributed by atoms with Crippen LogP contribution in [0.25, 0.3) is 0 Å². The molecule has 0 bridgehead atoms. The zero-order valence-electron chi connectivity index (χ0n) is 13.0. The third kappa shape index (κ3) is 5.16. The third-order valence-electron chi connectivity index (χ3n) is 2.85. The van der Waals surface area contributed by atoms with Crippen LogP contribution in [0.4, 0.5) is 0 Å². The molecule has 0 aliphatic rings. The van der Waals surface area contributed by atoms with Crippen LogP contribution in [0.15, 0.2) is 42.9 Å². The quantitative estimate of drug-likeness (QED) is 0.455. The largest absolute Gasteiger partial charge is 0.427 e. The van der Waals surface area contributed by atoms with Gasteiger partial charge >= 0.3 is 5.97 Å².